The lowest BCUT2D eigenvalue weighted by Gasteiger charge is -2.06. The van der Waals surface area contributed by atoms with Gasteiger partial charge in [0, 0.05) is 47.8 Å². The van der Waals surface area contributed by atoms with E-state index in [4.69, 9.17) is 11.6 Å². The molecule has 2 aromatic carbocycles. The molecule has 0 bridgehead atoms. The molecule has 4 rings (SSSR count). The summed E-state index contributed by atoms with van der Waals surface area (Å²) in [6.45, 7) is 0.262. The first-order chi connectivity index (χ1) is 14.9. The minimum absolute atomic E-state index is 0.0507. The zero-order valence-electron chi connectivity index (χ0n) is 16.0. The number of benzene rings is 2. The van der Waals surface area contributed by atoms with E-state index in [2.05, 4.69) is 10.3 Å². The summed E-state index contributed by atoms with van der Waals surface area (Å²) in [6, 6.07) is 14.9. The molecule has 0 saturated carbocycles. The van der Waals surface area contributed by atoms with E-state index in [0.29, 0.717) is 16.6 Å². The van der Waals surface area contributed by atoms with Gasteiger partial charge in [0.1, 0.15) is 5.02 Å². The number of nitrogens with zero attached hydrogens (tertiary/aromatic N) is 3. The van der Waals surface area contributed by atoms with Crippen molar-refractivity contribution in [2.45, 2.75) is 6.54 Å². The fourth-order valence-corrected chi connectivity index (χ4v) is 3.48. The molecule has 2 aromatic heterocycles. The van der Waals surface area contributed by atoms with Crippen molar-refractivity contribution in [1.82, 2.24) is 9.55 Å². The highest BCUT2D eigenvalue weighted by Gasteiger charge is 2.22. The van der Waals surface area contributed by atoms with Crippen LogP contribution in [0.2, 0.25) is 5.02 Å². The van der Waals surface area contributed by atoms with Crippen molar-refractivity contribution in [2.75, 3.05) is 5.32 Å². The molecular weight excluding hydrogens is 420 g/mol. The molecule has 1 N–H and O–H groups in total. The molecule has 0 atom stereocenters. The van der Waals surface area contributed by atoms with E-state index >= 15 is 0 Å². The zero-order chi connectivity index (χ0) is 22.0. The lowest BCUT2D eigenvalue weighted by atomic mass is 10.1. The quantitative estimate of drug-likeness (QED) is 0.208. The number of rotatable bonds is 6. The van der Waals surface area contributed by atoms with Gasteiger partial charge in [0.2, 0.25) is 0 Å². The number of pyridine rings is 1. The first-order valence-corrected chi connectivity index (χ1v) is 9.58. The molecule has 0 aliphatic carbocycles. The summed E-state index contributed by atoms with van der Waals surface area (Å²) in [6.07, 6.45) is 4.61. The van der Waals surface area contributed by atoms with Crippen molar-refractivity contribution in [2.24, 2.45) is 0 Å². The van der Waals surface area contributed by atoms with Crippen molar-refractivity contribution < 1.29 is 14.5 Å². The van der Waals surface area contributed by atoms with Crippen LogP contribution in [0, 0.1) is 10.1 Å². The summed E-state index contributed by atoms with van der Waals surface area (Å²) in [4.78, 5) is 39.9. The Morgan fingerprint density at radius 1 is 1.10 bits per heavy atom. The van der Waals surface area contributed by atoms with Gasteiger partial charge in [0.15, 0.2) is 0 Å². The number of aromatic nitrogens is 2. The molecule has 8 nitrogen and oxygen atoms in total. The molecule has 4 aromatic rings. The Bertz CT molecular complexity index is 1320. The van der Waals surface area contributed by atoms with Gasteiger partial charge in [-0.15, -0.1) is 0 Å². The average molecular weight is 435 g/mol. The Morgan fingerprint density at radius 3 is 2.58 bits per heavy atom. The number of hydrogen-bond donors (Lipinski definition) is 1. The van der Waals surface area contributed by atoms with Gasteiger partial charge < -0.3 is 9.88 Å². The van der Waals surface area contributed by atoms with E-state index in [9.17, 15) is 19.7 Å². The van der Waals surface area contributed by atoms with Crippen molar-refractivity contribution in [1.29, 1.82) is 0 Å². The van der Waals surface area contributed by atoms with Gasteiger partial charge in [0.25, 0.3) is 17.4 Å². The number of halogens is 1. The predicted octanol–water partition coefficient (Wildman–Crippen LogP) is 4.47. The van der Waals surface area contributed by atoms with Crippen LogP contribution in [-0.4, -0.2) is 26.2 Å². The average Bonchev–Trinajstić information content (AvgIpc) is 3.13. The zero-order valence-corrected chi connectivity index (χ0v) is 16.7. The molecule has 31 heavy (non-hydrogen) atoms. The van der Waals surface area contributed by atoms with Crippen LogP contribution in [0.4, 0.5) is 11.4 Å². The molecule has 0 aliphatic rings. The van der Waals surface area contributed by atoms with E-state index in [1.54, 1.807) is 41.1 Å². The van der Waals surface area contributed by atoms with Gasteiger partial charge in [-0.2, -0.15) is 0 Å². The van der Waals surface area contributed by atoms with E-state index in [1.165, 1.54) is 24.5 Å². The lowest BCUT2D eigenvalue weighted by molar-refractivity contribution is -0.384. The monoisotopic (exact) mass is 434 g/mol. The van der Waals surface area contributed by atoms with Crippen molar-refractivity contribution in [3.8, 4) is 0 Å². The highest BCUT2D eigenvalue weighted by atomic mass is 35.5. The summed E-state index contributed by atoms with van der Waals surface area (Å²) in [7, 11) is 0. The summed E-state index contributed by atoms with van der Waals surface area (Å²) in [5.74, 6) is -1.45. The van der Waals surface area contributed by atoms with Crippen LogP contribution in [0.5, 0.6) is 0 Å². The third-order valence-corrected chi connectivity index (χ3v) is 5.06. The van der Waals surface area contributed by atoms with Gasteiger partial charge >= 0.3 is 0 Å². The summed E-state index contributed by atoms with van der Waals surface area (Å²) >= 11 is 5.89. The lowest BCUT2D eigenvalue weighted by Crippen LogP contribution is -2.22. The van der Waals surface area contributed by atoms with Crippen molar-refractivity contribution >= 4 is 45.6 Å². The van der Waals surface area contributed by atoms with Crippen LogP contribution in [0.1, 0.15) is 15.9 Å². The standard InChI is InChI=1S/C22H15ClN4O4/c23-18-6-5-14(11-20(18)27(30)31)12-26-13-17(16-3-1-2-4-19(16)26)21(28)22(29)25-15-7-9-24-10-8-15/h1-11,13H,12H2,(H,24,25,29). The van der Waals surface area contributed by atoms with Crippen molar-refractivity contribution in [3.63, 3.8) is 0 Å². The van der Waals surface area contributed by atoms with Crippen LogP contribution >= 0.6 is 11.6 Å². The SMILES string of the molecule is O=C(Nc1ccncc1)C(=O)c1cn(Cc2ccc(Cl)c([N+](=O)[O-])c2)c2ccccc12. The van der Waals surface area contributed by atoms with Gasteiger partial charge in [-0.3, -0.25) is 24.7 Å². The molecule has 0 aliphatic heterocycles. The minimum atomic E-state index is -0.767. The van der Waals surface area contributed by atoms with Gasteiger partial charge in [-0.05, 0) is 29.8 Å². The van der Waals surface area contributed by atoms with Gasteiger partial charge in [0.05, 0.1) is 10.5 Å². The smallest absolute Gasteiger partial charge is 0.296 e. The number of hydrogen-bond acceptors (Lipinski definition) is 5. The number of fused-ring (bicyclic) bond motifs is 1. The number of nitro benzene ring substituents is 1. The summed E-state index contributed by atoms with van der Waals surface area (Å²) in [5.41, 5.74) is 1.87. The Balaban J connectivity index is 1.68. The number of nitro groups is 1. The van der Waals surface area contributed by atoms with E-state index in [1.807, 2.05) is 12.1 Å². The number of carbonyl (C=O) groups is 2. The van der Waals surface area contributed by atoms with E-state index in [0.717, 1.165) is 5.52 Å². The number of anilines is 1. The number of para-hydroxylation sites is 1. The highest BCUT2D eigenvalue weighted by Crippen LogP contribution is 2.27. The third-order valence-electron chi connectivity index (χ3n) is 4.74. The normalized spacial score (nSPS) is 10.7. The maximum Gasteiger partial charge on any atom is 0.296 e. The molecule has 0 fully saturated rings. The molecule has 0 saturated heterocycles. The number of carbonyl (C=O) groups excluding carboxylic acids is 2. The van der Waals surface area contributed by atoms with Crippen LogP contribution in [-0.2, 0) is 11.3 Å². The molecule has 1 amide bonds. The second-order valence-corrected chi connectivity index (χ2v) is 7.16. The van der Waals surface area contributed by atoms with E-state index in [-0.39, 0.29) is 22.8 Å². The first kappa shape index (κ1) is 20.2. The Morgan fingerprint density at radius 2 is 1.84 bits per heavy atom. The maximum absolute atomic E-state index is 12.9. The second kappa shape index (κ2) is 8.37. The van der Waals surface area contributed by atoms with Crippen LogP contribution in [0.3, 0.4) is 0 Å². The van der Waals surface area contributed by atoms with Gasteiger partial charge in [-0.25, -0.2) is 0 Å². The summed E-state index contributed by atoms with van der Waals surface area (Å²) in [5, 5.41) is 14.4. The molecule has 154 valence electrons. The van der Waals surface area contributed by atoms with E-state index < -0.39 is 16.6 Å². The van der Waals surface area contributed by atoms with Crippen molar-refractivity contribution in [3.05, 3.63) is 99.5 Å². The predicted molar refractivity (Wildman–Crippen MR) is 116 cm³/mol. The molecule has 2 heterocycles. The first-order valence-electron chi connectivity index (χ1n) is 9.20. The Hall–Kier alpha value is -4.04. The van der Waals surface area contributed by atoms with Crippen LogP contribution < -0.4 is 5.32 Å². The maximum atomic E-state index is 12.9. The third kappa shape index (κ3) is 4.15. The molecule has 0 radical (unpaired) electrons. The van der Waals surface area contributed by atoms with Crippen LogP contribution in [0.15, 0.2) is 73.2 Å². The highest BCUT2D eigenvalue weighted by molar-refractivity contribution is 6.48. The van der Waals surface area contributed by atoms with Gasteiger partial charge in [-0.1, -0.05) is 35.9 Å². The number of Topliss-reactive ketones (excluding diaryl/α,β-unsaturated/α-hetero) is 1. The minimum Gasteiger partial charge on any atom is -0.342 e. The number of amides is 1. The molecule has 0 unspecified atom stereocenters. The molecule has 9 heteroatoms. The fourth-order valence-electron chi connectivity index (χ4n) is 3.30. The second-order valence-electron chi connectivity index (χ2n) is 6.75. The largest absolute Gasteiger partial charge is 0.342 e. The van der Waals surface area contributed by atoms with Crippen LogP contribution in [0.25, 0.3) is 10.9 Å². The fraction of sp³-hybridized carbons (Fsp3) is 0.0455. The topological polar surface area (TPSA) is 107 Å². The molecule has 0 spiro atoms. The summed E-state index contributed by atoms with van der Waals surface area (Å²) < 4.78 is 1.77. The number of nitrogens with one attached hydrogen (secondary N) is 1. The Labute approximate surface area is 181 Å². The number of ketones is 1. The molecular formula is C22H15ClN4O4. The Kier molecular flexibility index (Phi) is 5.46.